The maximum absolute atomic E-state index is 12.6. The molecule has 0 radical (unpaired) electrons. The summed E-state index contributed by atoms with van der Waals surface area (Å²) in [4.78, 5) is 0. The molecule has 7 heteroatoms. The smallest absolute Gasteiger partial charge is 0.330 e. The number of halogens is 4. The standard InChI is InChI=1S/C12H15F4NO2/c1-18-10-4-8(2-3-9(10)5-17)6-19-7-12(15,16)11(13)14/h2-4,11H,5-7,17H2,1H3. The van der Waals surface area contributed by atoms with E-state index in [2.05, 4.69) is 4.74 Å². The average molecular weight is 281 g/mol. The molecule has 1 aromatic carbocycles. The van der Waals surface area contributed by atoms with Crippen LogP contribution in [-0.4, -0.2) is 26.1 Å². The molecule has 0 fully saturated rings. The molecule has 0 aliphatic rings. The Labute approximate surface area is 108 Å². The van der Waals surface area contributed by atoms with Crippen LogP contribution < -0.4 is 10.5 Å². The Morgan fingerprint density at radius 1 is 1.32 bits per heavy atom. The summed E-state index contributed by atoms with van der Waals surface area (Å²) in [5.41, 5.74) is 6.77. The molecule has 0 bridgehead atoms. The van der Waals surface area contributed by atoms with Gasteiger partial charge in [0.2, 0.25) is 0 Å². The Balaban J connectivity index is 2.59. The fourth-order valence-corrected chi connectivity index (χ4v) is 1.42. The summed E-state index contributed by atoms with van der Waals surface area (Å²) in [6.45, 7) is -1.26. The van der Waals surface area contributed by atoms with E-state index in [1.165, 1.54) is 7.11 Å². The molecule has 0 aliphatic carbocycles. The van der Waals surface area contributed by atoms with E-state index < -0.39 is 19.0 Å². The van der Waals surface area contributed by atoms with Crippen LogP contribution in [0.4, 0.5) is 17.6 Å². The minimum Gasteiger partial charge on any atom is -0.496 e. The number of benzene rings is 1. The van der Waals surface area contributed by atoms with Gasteiger partial charge in [-0.05, 0) is 11.6 Å². The van der Waals surface area contributed by atoms with Crippen molar-refractivity contribution >= 4 is 0 Å². The van der Waals surface area contributed by atoms with Gasteiger partial charge >= 0.3 is 12.3 Å². The lowest BCUT2D eigenvalue weighted by molar-refractivity contribution is -0.168. The minimum absolute atomic E-state index is 0.205. The van der Waals surface area contributed by atoms with Gasteiger partial charge in [-0.25, -0.2) is 8.78 Å². The van der Waals surface area contributed by atoms with Gasteiger partial charge in [0.25, 0.3) is 0 Å². The second-order valence-corrected chi connectivity index (χ2v) is 3.90. The van der Waals surface area contributed by atoms with Crippen LogP contribution in [0.5, 0.6) is 5.75 Å². The molecule has 0 saturated carbocycles. The molecular formula is C12H15F4NO2. The van der Waals surface area contributed by atoms with Crippen molar-refractivity contribution in [3.63, 3.8) is 0 Å². The molecule has 0 amide bonds. The fraction of sp³-hybridized carbons (Fsp3) is 0.500. The SMILES string of the molecule is COc1cc(COCC(F)(F)C(F)F)ccc1CN. The van der Waals surface area contributed by atoms with E-state index in [-0.39, 0.29) is 13.2 Å². The van der Waals surface area contributed by atoms with Gasteiger partial charge in [-0.1, -0.05) is 12.1 Å². The van der Waals surface area contributed by atoms with Crippen molar-refractivity contribution in [2.75, 3.05) is 13.7 Å². The molecule has 108 valence electrons. The molecule has 1 aromatic rings. The zero-order valence-electron chi connectivity index (χ0n) is 10.3. The Hall–Kier alpha value is -1.34. The molecule has 0 aromatic heterocycles. The van der Waals surface area contributed by atoms with Crippen LogP contribution in [-0.2, 0) is 17.9 Å². The lowest BCUT2D eigenvalue weighted by Crippen LogP contribution is -2.32. The molecule has 0 heterocycles. The second-order valence-electron chi connectivity index (χ2n) is 3.90. The predicted molar refractivity (Wildman–Crippen MR) is 61.5 cm³/mol. The van der Waals surface area contributed by atoms with Crippen LogP contribution in [0.15, 0.2) is 18.2 Å². The molecule has 0 aliphatic heterocycles. The molecule has 0 unspecified atom stereocenters. The fourth-order valence-electron chi connectivity index (χ4n) is 1.42. The van der Waals surface area contributed by atoms with Gasteiger partial charge < -0.3 is 15.2 Å². The number of rotatable bonds is 7. The second kappa shape index (κ2) is 6.72. The van der Waals surface area contributed by atoms with Gasteiger partial charge in [0.1, 0.15) is 12.4 Å². The van der Waals surface area contributed by atoms with Crippen molar-refractivity contribution in [2.45, 2.75) is 25.5 Å². The predicted octanol–water partition coefficient (Wildman–Crippen LogP) is 2.57. The van der Waals surface area contributed by atoms with Gasteiger partial charge in [-0.15, -0.1) is 0 Å². The molecule has 2 N–H and O–H groups in total. The number of alkyl halides is 4. The van der Waals surface area contributed by atoms with Gasteiger partial charge in [0, 0.05) is 12.1 Å². The Kier molecular flexibility index (Phi) is 5.56. The molecule has 0 atom stereocenters. The number of hydrogen-bond donors (Lipinski definition) is 1. The lowest BCUT2D eigenvalue weighted by Gasteiger charge is -2.15. The molecule has 0 spiro atoms. The van der Waals surface area contributed by atoms with Crippen molar-refractivity contribution in [3.8, 4) is 5.75 Å². The summed E-state index contributed by atoms with van der Waals surface area (Å²) in [6.07, 6.45) is -3.73. The van der Waals surface area contributed by atoms with E-state index in [9.17, 15) is 17.6 Å². The highest BCUT2D eigenvalue weighted by Crippen LogP contribution is 2.24. The third kappa shape index (κ3) is 4.36. The van der Waals surface area contributed by atoms with E-state index in [0.717, 1.165) is 5.56 Å². The van der Waals surface area contributed by atoms with Gasteiger partial charge in [0.15, 0.2) is 0 Å². The summed E-state index contributed by atoms with van der Waals surface area (Å²) in [7, 11) is 1.45. The zero-order chi connectivity index (χ0) is 14.5. The lowest BCUT2D eigenvalue weighted by atomic mass is 10.1. The van der Waals surface area contributed by atoms with Crippen molar-refractivity contribution in [3.05, 3.63) is 29.3 Å². The van der Waals surface area contributed by atoms with E-state index >= 15 is 0 Å². The average Bonchev–Trinajstić information content (AvgIpc) is 2.38. The van der Waals surface area contributed by atoms with E-state index in [1.54, 1.807) is 18.2 Å². The highest BCUT2D eigenvalue weighted by molar-refractivity contribution is 5.37. The van der Waals surface area contributed by atoms with Crippen molar-refractivity contribution < 1.29 is 27.0 Å². The molecule has 0 saturated heterocycles. The third-order valence-corrected chi connectivity index (χ3v) is 2.45. The van der Waals surface area contributed by atoms with Crippen molar-refractivity contribution in [1.29, 1.82) is 0 Å². The summed E-state index contributed by atoms with van der Waals surface area (Å²) < 4.78 is 58.6. The normalized spacial score (nSPS) is 11.9. The quantitative estimate of drug-likeness (QED) is 0.781. The Morgan fingerprint density at radius 3 is 2.53 bits per heavy atom. The summed E-state index contributed by atoms with van der Waals surface area (Å²) in [5.74, 6) is -3.63. The first-order chi connectivity index (χ1) is 8.90. The zero-order valence-corrected chi connectivity index (χ0v) is 10.3. The van der Waals surface area contributed by atoms with Crippen LogP contribution in [0, 0.1) is 0 Å². The van der Waals surface area contributed by atoms with E-state index in [4.69, 9.17) is 10.5 Å². The third-order valence-electron chi connectivity index (χ3n) is 2.45. The topological polar surface area (TPSA) is 44.5 Å². The van der Waals surface area contributed by atoms with E-state index in [0.29, 0.717) is 11.3 Å². The van der Waals surface area contributed by atoms with Gasteiger partial charge in [-0.2, -0.15) is 8.78 Å². The number of hydrogen-bond acceptors (Lipinski definition) is 3. The summed E-state index contributed by atoms with van der Waals surface area (Å²) >= 11 is 0. The number of ether oxygens (including phenoxy) is 2. The van der Waals surface area contributed by atoms with Crippen LogP contribution >= 0.6 is 0 Å². The first kappa shape index (κ1) is 15.7. The van der Waals surface area contributed by atoms with Crippen LogP contribution in [0.1, 0.15) is 11.1 Å². The maximum atomic E-state index is 12.6. The monoisotopic (exact) mass is 281 g/mol. The van der Waals surface area contributed by atoms with Crippen molar-refractivity contribution in [1.82, 2.24) is 0 Å². The molecule has 3 nitrogen and oxygen atoms in total. The maximum Gasteiger partial charge on any atom is 0.330 e. The van der Waals surface area contributed by atoms with Crippen LogP contribution in [0.3, 0.4) is 0 Å². The highest BCUT2D eigenvalue weighted by atomic mass is 19.3. The minimum atomic E-state index is -4.14. The Morgan fingerprint density at radius 2 is 2.00 bits per heavy atom. The van der Waals surface area contributed by atoms with Crippen LogP contribution in [0.25, 0.3) is 0 Å². The van der Waals surface area contributed by atoms with E-state index in [1.807, 2.05) is 0 Å². The van der Waals surface area contributed by atoms with Crippen molar-refractivity contribution in [2.24, 2.45) is 5.73 Å². The van der Waals surface area contributed by atoms with Gasteiger partial charge in [0.05, 0.1) is 13.7 Å². The first-order valence-corrected chi connectivity index (χ1v) is 5.50. The van der Waals surface area contributed by atoms with Gasteiger partial charge in [-0.3, -0.25) is 0 Å². The molecule has 19 heavy (non-hydrogen) atoms. The van der Waals surface area contributed by atoms with Crippen LogP contribution in [0.2, 0.25) is 0 Å². The molecule has 1 rings (SSSR count). The summed E-state index contributed by atoms with van der Waals surface area (Å²) in [6, 6.07) is 4.86. The highest BCUT2D eigenvalue weighted by Gasteiger charge is 2.40. The largest absolute Gasteiger partial charge is 0.496 e. The Bertz CT molecular complexity index is 413. The number of methoxy groups -OCH3 is 1. The molecular weight excluding hydrogens is 266 g/mol. The number of nitrogens with two attached hydrogens (primary N) is 1. The first-order valence-electron chi connectivity index (χ1n) is 5.50. The summed E-state index contributed by atoms with van der Waals surface area (Å²) in [5, 5.41) is 0.